The van der Waals surface area contributed by atoms with Crippen LogP contribution in [-0.4, -0.2) is 23.8 Å². The number of rotatable bonds is 3. The Hall–Kier alpha value is -3.30. The maximum atomic E-state index is 13.9. The number of pyridine rings is 1. The van der Waals surface area contributed by atoms with E-state index in [-0.39, 0.29) is 5.56 Å². The van der Waals surface area contributed by atoms with E-state index < -0.39 is 20.2 Å². The maximum absolute atomic E-state index is 13.9. The largest absolute Gasteiger partial charge is 0.465 e. The maximum Gasteiger partial charge on any atom is 0.405 e. The number of carboxylic acid groups (broad SMARTS) is 1. The molecule has 2 aromatic carbocycles. The van der Waals surface area contributed by atoms with Crippen LogP contribution in [-0.2, 0) is 12.8 Å². The first-order valence-electron chi connectivity index (χ1n) is 10.5. The summed E-state index contributed by atoms with van der Waals surface area (Å²) in [5, 5.41) is 13.5. The van der Waals surface area contributed by atoms with Gasteiger partial charge in [0.05, 0.1) is 17.1 Å². The average molecular weight is 431 g/mol. The van der Waals surface area contributed by atoms with Crippen LogP contribution in [0.15, 0.2) is 47.3 Å². The monoisotopic (exact) mass is 430 g/mol. The Kier molecular flexibility index (Phi) is 5.24. The first-order valence-corrected chi connectivity index (χ1v) is 14.0. The van der Waals surface area contributed by atoms with Gasteiger partial charge in [-0.3, -0.25) is 9.36 Å². The fourth-order valence-electron chi connectivity index (χ4n) is 4.32. The molecule has 2 N–H and O–H groups in total. The highest BCUT2D eigenvalue weighted by Gasteiger charge is 2.28. The van der Waals surface area contributed by atoms with Crippen molar-refractivity contribution in [2.75, 3.05) is 0 Å². The van der Waals surface area contributed by atoms with Gasteiger partial charge in [-0.15, -0.1) is 5.54 Å². The van der Waals surface area contributed by atoms with Crippen LogP contribution >= 0.6 is 0 Å². The van der Waals surface area contributed by atoms with Crippen molar-refractivity contribution in [1.82, 2.24) is 9.88 Å². The molecule has 0 bridgehead atoms. The van der Waals surface area contributed by atoms with Gasteiger partial charge < -0.3 is 10.4 Å². The van der Waals surface area contributed by atoms with Crippen LogP contribution in [0.25, 0.3) is 16.5 Å². The summed E-state index contributed by atoms with van der Waals surface area (Å²) in [6, 6.07) is 12.9. The molecule has 1 aliphatic carbocycles. The number of aromatic nitrogens is 1. The fraction of sp³-hybridized carbons (Fsp3) is 0.280. The molecular weight excluding hydrogens is 404 g/mol. The lowest BCUT2D eigenvalue weighted by molar-refractivity contribution is 0.190. The lowest BCUT2D eigenvalue weighted by Crippen LogP contribution is -2.32. The number of aryl methyl sites for hydroxylation is 2. The summed E-state index contributed by atoms with van der Waals surface area (Å²) < 4.78 is 1.67. The standard InChI is InChI=1S/C25H26N2O3Si/c1-16(26-25(29)30)23-20-13-12-17-10-11-18(14-15-31(2,3)4)22(21(17)20)24(28)27(23)19-8-6-5-7-9-19/h5-11,16,26H,12-13H2,1-4H3,(H,29,30)/t16-/m0/s1. The number of amides is 1. The number of nitrogens with one attached hydrogen (secondary N) is 1. The number of para-hydroxylation sites is 1. The lowest BCUT2D eigenvalue weighted by Gasteiger charge is -2.23. The Bertz CT molecular complexity index is 1310. The third-order valence-electron chi connectivity index (χ3n) is 5.54. The second-order valence-corrected chi connectivity index (χ2v) is 13.8. The second kappa shape index (κ2) is 7.75. The molecule has 0 fully saturated rings. The molecule has 0 saturated heterocycles. The van der Waals surface area contributed by atoms with Gasteiger partial charge in [-0.1, -0.05) is 49.8 Å². The van der Waals surface area contributed by atoms with Gasteiger partial charge in [-0.25, -0.2) is 4.79 Å². The molecule has 5 nitrogen and oxygen atoms in total. The molecule has 1 amide bonds. The summed E-state index contributed by atoms with van der Waals surface area (Å²) in [6.45, 7) is 8.33. The first kappa shape index (κ1) is 20.9. The van der Waals surface area contributed by atoms with Crippen molar-refractivity contribution < 1.29 is 9.90 Å². The van der Waals surface area contributed by atoms with E-state index in [2.05, 4.69) is 42.5 Å². The molecule has 0 aliphatic heterocycles. The van der Waals surface area contributed by atoms with Gasteiger partial charge >= 0.3 is 6.09 Å². The molecule has 0 spiro atoms. The van der Waals surface area contributed by atoms with Gasteiger partial charge in [0.2, 0.25) is 0 Å². The van der Waals surface area contributed by atoms with Crippen molar-refractivity contribution in [1.29, 1.82) is 0 Å². The summed E-state index contributed by atoms with van der Waals surface area (Å²) in [5.41, 5.74) is 7.59. The minimum Gasteiger partial charge on any atom is -0.465 e. The molecule has 0 unspecified atom stereocenters. The number of carbonyl (C=O) groups is 1. The molecule has 158 valence electrons. The normalized spacial score (nSPS) is 13.5. The molecule has 3 aromatic rings. The highest BCUT2D eigenvalue weighted by Crippen LogP contribution is 2.36. The molecule has 0 radical (unpaired) electrons. The van der Waals surface area contributed by atoms with Gasteiger partial charge in [-0.2, -0.15) is 0 Å². The molecule has 1 atom stereocenters. The van der Waals surface area contributed by atoms with Crippen molar-refractivity contribution in [2.24, 2.45) is 0 Å². The van der Waals surface area contributed by atoms with Crippen molar-refractivity contribution >= 4 is 24.9 Å². The average Bonchev–Trinajstić information content (AvgIpc) is 3.12. The van der Waals surface area contributed by atoms with Gasteiger partial charge in [0.1, 0.15) is 8.07 Å². The summed E-state index contributed by atoms with van der Waals surface area (Å²) in [6.07, 6.45) is 0.489. The zero-order valence-electron chi connectivity index (χ0n) is 18.2. The van der Waals surface area contributed by atoms with Crippen molar-refractivity contribution in [3.05, 3.63) is 75.2 Å². The summed E-state index contributed by atoms with van der Waals surface area (Å²) in [7, 11) is -1.63. The minimum atomic E-state index is -1.63. The first-order chi connectivity index (χ1) is 14.7. The Morgan fingerprint density at radius 1 is 1.10 bits per heavy atom. The Morgan fingerprint density at radius 2 is 1.81 bits per heavy atom. The third-order valence-corrected chi connectivity index (χ3v) is 6.42. The number of benzene rings is 2. The summed E-state index contributed by atoms with van der Waals surface area (Å²) in [5.74, 6) is 3.30. The third kappa shape index (κ3) is 3.89. The molecule has 4 rings (SSSR count). The van der Waals surface area contributed by atoms with Crippen LogP contribution in [0.3, 0.4) is 0 Å². The van der Waals surface area contributed by atoms with Crippen LogP contribution in [0.5, 0.6) is 0 Å². The quantitative estimate of drug-likeness (QED) is 0.469. The summed E-state index contributed by atoms with van der Waals surface area (Å²) in [4.78, 5) is 25.4. The predicted octanol–water partition coefficient (Wildman–Crippen LogP) is 4.65. The van der Waals surface area contributed by atoms with Crippen LogP contribution in [0, 0.1) is 11.5 Å². The highest BCUT2D eigenvalue weighted by molar-refractivity contribution is 6.83. The highest BCUT2D eigenvalue weighted by atomic mass is 28.3. The van der Waals surface area contributed by atoms with Gasteiger partial charge in [0.15, 0.2) is 0 Å². The smallest absolute Gasteiger partial charge is 0.405 e. The van der Waals surface area contributed by atoms with E-state index in [9.17, 15) is 14.7 Å². The molecule has 1 aromatic heterocycles. The number of nitrogens with zero attached hydrogens (tertiary/aromatic N) is 1. The van der Waals surface area contributed by atoms with Crippen LogP contribution < -0.4 is 10.9 Å². The lowest BCUT2D eigenvalue weighted by atomic mass is 9.97. The summed E-state index contributed by atoms with van der Waals surface area (Å²) >= 11 is 0. The topological polar surface area (TPSA) is 71.3 Å². The number of hydrogen-bond acceptors (Lipinski definition) is 2. The molecular formula is C25H26N2O3Si. The van der Waals surface area contributed by atoms with Gasteiger partial charge in [0, 0.05) is 11.3 Å². The Balaban J connectivity index is 2.13. The van der Waals surface area contributed by atoms with Crippen LogP contribution in [0.4, 0.5) is 4.79 Å². The molecule has 1 heterocycles. The zero-order valence-corrected chi connectivity index (χ0v) is 19.2. The van der Waals surface area contributed by atoms with Crippen molar-refractivity contribution in [2.45, 2.75) is 45.4 Å². The van der Waals surface area contributed by atoms with Crippen molar-refractivity contribution in [3.8, 4) is 17.2 Å². The fourth-order valence-corrected chi connectivity index (χ4v) is 4.83. The molecule has 6 heteroatoms. The molecule has 1 aliphatic rings. The minimum absolute atomic E-state index is 0.150. The van der Waals surface area contributed by atoms with Gasteiger partial charge in [0.25, 0.3) is 5.56 Å². The molecule has 0 saturated carbocycles. The number of hydrogen-bond donors (Lipinski definition) is 2. The van der Waals surface area contributed by atoms with E-state index in [4.69, 9.17) is 0 Å². The zero-order chi connectivity index (χ0) is 22.3. The Morgan fingerprint density at radius 3 is 2.45 bits per heavy atom. The van der Waals surface area contributed by atoms with E-state index in [0.29, 0.717) is 11.1 Å². The SMILES string of the molecule is C[C@H](NC(=O)O)c1c2c3c(ccc(C#C[Si](C)(C)C)c3c(=O)n1-c1ccccc1)CC2. The Labute approximate surface area is 182 Å². The second-order valence-electron chi connectivity index (χ2n) is 9.03. The van der Waals surface area contributed by atoms with E-state index in [1.165, 1.54) is 0 Å². The van der Waals surface area contributed by atoms with E-state index in [0.717, 1.165) is 40.6 Å². The van der Waals surface area contributed by atoms with E-state index >= 15 is 0 Å². The van der Waals surface area contributed by atoms with E-state index in [1.807, 2.05) is 36.4 Å². The van der Waals surface area contributed by atoms with Crippen LogP contribution in [0.2, 0.25) is 19.6 Å². The van der Waals surface area contributed by atoms with Crippen LogP contribution in [0.1, 0.15) is 35.3 Å². The van der Waals surface area contributed by atoms with E-state index in [1.54, 1.807) is 11.5 Å². The molecule has 31 heavy (non-hydrogen) atoms. The van der Waals surface area contributed by atoms with Crippen molar-refractivity contribution in [3.63, 3.8) is 0 Å². The predicted molar refractivity (Wildman–Crippen MR) is 127 cm³/mol. The van der Waals surface area contributed by atoms with Gasteiger partial charge in [-0.05, 0) is 54.5 Å².